The van der Waals surface area contributed by atoms with E-state index in [1.54, 1.807) is 0 Å². The molecule has 0 radical (unpaired) electrons. The number of rotatable bonds is 4. The molecule has 0 N–H and O–H groups in total. The summed E-state index contributed by atoms with van der Waals surface area (Å²) in [6, 6.07) is 19.5. The third-order valence-electron chi connectivity index (χ3n) is 3.68. The molecule has 0 bridgehead atoms. The highest BCUT2D eigenvalue weighted by molar-refractivity contribution is 7.98. The Hall–Kier alpha value is -1.25. The average Bonchev–Trinajstić information content (AvgIpc) is 2.55. The van der Waals surface area contributed by atoms with Crippen molar-refractivity contribution in [2.45, 2.75) is 36.0 Å². The van der Waals surface area contributed by atoms with Crippen LogP contribution < -0.4 is 0 Å². The number of thioether (sulfide) groups is 1. The topological polar surface area (TPSA) is 9.23 Å². The second kappa shape index (κ2) is 6.96. The lowest BCUT2D eigenvalue weighted by molar-refractivity contribution is 0.0149. The summed E-state index contributed by atoms with van der Waals surface area (Å²) in [5.74, 6) is 1.03. The lowest BCUT2D eigenvalue weighted by atomic mass is 10.0. The lowest BCUT2D eigenvalue weighted by Crippen LogP contribution is -2.11. The maximum Gasteiger partial charge on any atom is 0.0824 e. The summed E-state index contributed by atoms with van der Waals surface area (Å²) in [6.07, 6.45) is 3.98. The highest BCUT2D eigenvalue weighted by Gasteiger charge is 2.15. The summed E-state index contributed by atoms with van der Waals surface area (Å²) in [4.78, 5) is 1.33. The van der Waals surface area contributed by atoms with Crippen molar-refractivity contribution in [1.82, 2.24) is 0 Å². The fourth-order valence-electron chi connectivity index (χ4n) is 2.52. The highest BCUT2D eigenvalue weighted by atomic mass is 32.2. The highest BCUT2D eigenvalue weighted by Crippen LogP contribution is 2.30. The molecule has 0 aromatic heterocycles. The van der Waals surface area contributed by atoms with E-state index in [9.17, 15) is 0 Å². The van der Waals surface area contributed by atoms with E-state index in [1.165, 1.54) is 28.9 Å². The zero-order valence-electron chi connectivity index (χ0n) is 11.6. The molecule has 2 heteroatoms. The summed E-state index contributed by atoms with van der Waals surface area (Å²) < 4.78 is 5.83. The van der Waals surface area contributed by atoms with Crippen molar-refractivity contribution < 1.29 is 4.74 Å². The predicted octanol–water partition coefficient (Wildman–Crippen LogP) is 5.22. The molecule has 1 heterocycles. The van der Waals surface area contributed by atoms with Crippen LogP contribution in [-0.4, -0.2) is 6.61 Å². The van der Waals surface area contributed by atoms with Crippen molar-refractivity contribution in [3.05, 3.63) is 65.7 Å². The Morgan fingerprint density at radius 3 is 2.45 bits per heavy atom. The Balaban J connectivity index is 1.58. The van der Waals surface area contributed by atoms with E-state index in [2.05, 4.69) is 54.6 Å². The number of ether oxygens (including phenoxy) is 1. The average molecular weight is 284 g/mol. The largest absolute Gasteiger partial charge is 0.374 e. The monoisotopic (exact) mass is 284 g/mol. The molecule has 1 aliphatic heterocycles. The van der Waals surface area contributed by atoms with Crippen LogP contribution in [0.1, 0.15) is 36.5 Å². The fourth-order valence-corrected chi connectivity index (χ4v) is 3.38. The molecule has 0 spiro atoms. The van der Waals surface area contributed by atoms with Gasteiger partial charge in [0.25, 0.3) is 0 Å². The van der Waals surface area contributed by atoms with Crippen molar-refractivity contribution in [2.24, 2.45) is 0 Å². The van der Waals surface area contributed by atoms with Gasteiger partial charge in [0.1, 0.15) is 0 Å². The molecule has 0 saturated carbocycles. The van der Waals surface area contributed by atoms with Crippen molar-refractivity contribution in [2.75, 3.05) is 6.61 Å². The van der Waals surface area contributed by atoms with E-state index < -0.39 is 0 Å². The Morgan fingerprint density at radius 1 is 0.950 bits per heavy atom. The molecule has 1 aliphatic rings. The van der Waals surface area contributed by atoms with Gasteiger partial charge < -0.3 is 4.74 Å². The molecule has 104 valence electrons. The molecular weight excluding hydrogens is 264 g/mol. The zero-order chi connectivity index (χ0) is 13.6. The molecule has 1 atom stereocenters. The van der Waals surface area contributed by atoms with Crippen LogP contribution in [0.25, 0.3) is 0 Å². The molecule has 2 aromatic carbocycles. The van der Waals surface area contributed by atoms with Gasteiger partial charge in [0.05, 0.1) is 6.10 Å². The summed E-state index contributed by atoms with van der Waals surface area (Å²) in [7, 11) is 0. The Morgan fingerprint density at radius 2 is 1.75 bits per heavy atom. The first kappa shape index (κ1) is 13.7. The first-order valence-electron chi connectivity index (χ1n) is 7.30. The van der Waals surface area contributed by atoms with Crippen molar-refractivity contribution >= 4 is 11.8 Å². The number of hydrogen-bond donors (Lipinski definition) is 0. The minimum Gasteiger partial charge on any atom is -0.374 e. The molecule has 1 saturated heterocycles. The van der Waals surface area contributed by atoms with E-state index in [4.69, 9.17) is 4.74 Å². The van der Waals surface area contributed by atoms with E-state index in [0.717, 1.165) is 18.8 Å². The SMILES string of the molecule is c1ccc(CSc2ccc([C@@H]3CCCCO3)cc2)cc1. The Kier molecular flexibility index (Phi) is 4.77. The molecule has 3 rings (SSSR count). The van der Waals surface area contributed by atoms with Crippen LogP contribution in [0.5, 0.6) is 0 Å². The smallest absolute Gasteiger partial charge is 0.0824 e. The minimum atomic E-state index is 0.317. The molecule has 1 fully saturated rings. The van der Waals surface area contributed by atoms with E-state index in [1.807, 2.05) is 11.8 Å². The lowest BCUT2D eigenvalue weighted by Gasteiger charge is -2.23. The van der Waals surface area contributed by atoms with Gasteiger partial charge in [0.2, 0.25) is 0 Å². The van der Waals surface area contributed by atoms with Crippen LogP contribution in [0.15, 0.2) is 59.5 Å². The standard InChI is InChI=1S/C18H20OS/c1-2-6-15(7-3-1)14-20-17-11-9-16(10-12-17)18-8-4-5-13-19-18/h1-3,6-7,9-12,18H,4-5,8,13-14H2/t18-/m0/s1. The van der Waals surface area contributed by atoms with Gasteiger partial charge >= 0.3 is 0 Å². The number of benzene rings is 2. The van der Waals surface area contributed by atoms with E-state index in [0.29, 0.717) is 6.10 Å². The van der Waals surface area contributed by atoms with Crippen molar-refractivity contribution in [1.29, 1.82) is 0 Å². The minimum absolute atomic E-state index is 0.317. The van der Waals surface area contributed by atoms with Gasteiger partial charge in [-0.25, -0.2) is 0 Å². The second-order valence-electron chi connectivity index (χ2n) is 5.20. The van der Waals surface area contributed by atoms with Crippen LogP contribution in [0.2, 0.25) is 0 Å². The normalized spacial score (nSPS) is 18.9. The molecule has 0 aliphatic carbocycles. The van der Waals surface area contributed by atoms with Gasteiger partial charge in [0.15, 0.2) is 0 Å². The van der Waals surface area contributed by atoms with Crippen LogP contribution in [0.4, 0.5) is 0 Å². The second-order valence-corrected chi connectivity index (χ2v) is 6.25. The summed E-state index contributed by atoms with van der Waals surface area (Å²) in [5, 5.41) is 0. The van der Waals surface area contributed by atoms with Gasteiger partial charge in [-0.2, -0.15) is 0 Å². The third-order valence-corrected chi connectivity index (χ3v) is 4.76. The Bertz CT molecular complexity index is 515. The van der Waals surface area contributed by atoms with Crippen molar-refractivity contribution in [3.8, 4) is 0 Å². The fraction of sp³-hybridized carbons (Fsp3) is 0.333. The van der Waals surface area contributed by atoms with E-state index >= 15 is 0 Å². The van der Waals surface area contributed by atoms with Gasteiger partial charge in [0, 0.05) is 17.3 Å². The quantitative estimate of drug-likeness (QED) is 0.712. The van der Waals surface area contributed by atoms with E-state index in [-0.39, 0.29) is 0 Å². The van der Waals surface area contributed by atoms with Crippen LogP contribution in [0.3, 0.4) is 0 Å². The molecule has 1 nitrogen and oxygen atoms in total. The molecule has 2 aromatic rings. The summed E-state index contributed by atoms with van der Waals surface area (Å²) >= 11 is 1.89. The van der Waals surface area contributed by atoms with Crippen LogP contribution in [-0.2, 0) is 10.5 Å². The molecule has 0 unspecified atom stereocenters. The van der Waals surface area contributed by atoms with Gasteiger partial charge in [-0.15, -0.1) is 11.8 Å². The van der Waals surface area contributed by atoms with Gasteiger partial charge in [-0.05, 0) is 42.5 Å². The zero-order valence-corrected chi connectivity index (χ0v) is 12.4. The summed E-state index contributed by atoms with van der Waals surface area (Å²) in [6.45, 7) is 0.912. The van der Waals surface area contributed by atoms with Crippen LogP contribution in [0, 0.1) is 0 Å². The first-order valence-corrected chi connectivity index (χ1v) is 8.29. The molecule has 20 heavy (non-hydrogen) atoms. The van der Waals surface area contributed by atoms with Gasteiger partial charge in [-0.3, -0.25) is 0 Å². The van der Waals surface area contributed by atoms with Crippen LogP contribution >= 0.6 is 11.8 Å². The first-order chi connectivity index (χ1) is 9.92. The van der Waals surface area contributed by atoms with Crippen molar-refractivity contribution in [3.63, 3.8) is 0 Å². The maximum absolute atomic E-state index is 5.83. The Labute approximate surface area is 125 Å². The predicted molar refractivity (Wildman–Crippen MR) is 85.0 cm³/mol. The maximum atomic E-state index is 5.83. The van der Waals surface area contributed by atoms with Gasteiger partial charge in [-0.1, -0.05) is 42.5 Å². The molecule has 0 amide bonds. The number of hydrogen-bond acceptors (Lipinski definition) is 2. The summed E-state index contributed by atoms with van der Waals surface area (Å²) in [5.41, 5.74) is 2.70. The third kappa shape index (κ3) is 3.65. The molecular formula is C18H20OS.